The number of aryl methyl sites for hydroxylation is 1. The van der Waals surface area contributed by atoms with Crippen molar-refractivity contribution in [2.24, 2.45) is 7.05 Å². The molecular weight excluding hydrogens is 405 g/mol. The zero-order valence-corrected chi connectivity index (χ0v) is 15.5. The Morgan fingerprint density at radius 3 is 2.69 bits per heavy atom. The molecule has 0 bridgehead atoms. The third-order valence-electron chi connectivity index (χ3n) is 3.57. The quantitative estimate of drug-likeness (QED) is 0.668. The van der Waals surface area contributed by atoms with Crippen molar-refractivity contribution in [1.29, 1.82) is 0 Å². The lowest BCUT2D eigenvalue weighted by molar-refractivity contribution is 0.262. The topological polar surface area (TPSA) is 81.1 Å². The van der Waals surface area contributed by atoms with E-state index in [-0.39, 0.29) is 5.69 Å². The highest BCUT2D eigenvalue weighted by molar-refractivity contribution is 9.10. The summed E-state index contributed by atoms with van der Waals surface area (Å²) in [6.07, 6.45) is 3.10. The molecular formula is C17H15BrFN5O2. The highest BCUT2D eigenvalue weighted by atomic mass is 79.9. The van der Waals surface area contributed by atoms with Crippen molar-refractivity contribution in [1.82, 2.24) is 14.8 Å². The van der Waals surface area contributed by atoms with Gasteiger partial charge in [-0.05, 0) is 34.1 Å². The third-order valence-corrected chi connectivity index (χ3v) is 4.15. The van der Waals surface area contributed by atoms with E-state index >= 15 is 0 Å². The molecule has 3 rings (SSSR count). The van der Waals surface area contributed by atoms with E-state index in [1.165, 1.54) is 25.4 Å². The van der Waals surface area contributed by atoms with E-state index in [9.17, 15) is 9.18 Å². The van der Waals surface area contributed by atoms with Gasteiger partial charge >= 0.3 is 6.03 Å². The number of aromatic nitrogens is 3. The van der Waals surface area contributed by atoms with Gasteiger partial charge in [0, 0.05) is 7.05 Å². The second kappa shape index (κ2) is 7.52. The Hall–Kier alpha value is -2.94. The maximum atomic E-state index is 13.6. The van der Waals surface area contributed by atoms with Gasteiger partial charge < -0.3 is 15.4 Å². The van der Waals surface area contributed by atoms with E-state index in [4.69, 9.17) is 4.74 Å². The van der Waals surface area contributed by atoms with Crippen LogP contribution in [0.15, 0.2) is 47.2 Å². The number of halogens is 2. The Kier molecular flexibility index (Phi) is 5.17. The molecule has 0 atom stereocenters. The molecule has 2 N–H and O–H groups in total. The van der Waals surface area contributed by atoms with Crippen LogP contribution in [0.1, 0.15) is 0 Å². The number of para-hydroxylation sites is 1. The van der Waals surface area contributed by atoms with Gasteiger partial charge in [-0.25, -0.2) is 14.2 Å². The first-order valence-electron chi connectivity index (χ1n) is 7.54. The monoisotopic (exact) mass is 419 g/mol. The molecule has 2 heterocycles. The maximum absolute atomic E-state index is 13.6. The number of nitrogens with one attached hydrogen (secondary N) is 2. The summed E-state index contributed by atoms with van der Waals surface area (Å²) in [6.45, 7) is 0. The van der Waals surface area contributed by atoms with Gasteiger partial charge in [0.25, 0.3) is 0 Å². The van der Waals surface area contributed by atoms with Crippen LogP contribution in [-0.4, -0.2) is 27.9 Å². The molecule has 9 heteroatoms. The average molecular weight is 420 g/mol. The van der Waals surface area contributed by atoms with Crippen molar-refractivity contribution in [3.63, 3.8) is 0 Å². The number of anilines is 2. The number of carbonyl (C=O) groups is 1. The molecule has 0 aliphatic carbocycles. The first-order valence-corrected chi connectivity index (χ1v) is 8.33. The van der Waals surface area contributed by atoms with Gasteiger partial charge in [0.15, 0.2) is 0 Å². The molecule has 134 valence electrons. The lowest BCUT2D eigenvalue weighted by Crippen LogP contribution is -2.20. The fourth-order valence-corrected chi connectivity index (χ4v) is 2.98. The van der Waals surface area contributed by atoms with Crippen LogP contribution in [0.3, 0.4) is 0 Å². The van der Waals surface area contributed by atoms with Crippen LogP contribution in [0.5, 0.6) is 5.88 Å². The second-order valence-electron chi connectivity index (χ2n) is 5.30. The van der Waals surface area contributed by atoms with Gasteiger partial charge in [-0.2, -0.15) is 5.10 Å². The average Bonchev–Trinajstić information content (AvgIpc) is 2.95. The van der Waals surface area contributed by atoms with Crippen molar-refractivity contribution in [3.05, 3.63) is 53.0 Å². The lowest BCUT2D eigenvalue weighted by Gasteiger charge is -2.12. The summed E-state index contributed by atoms with van der Waals surface area (Å²) >= 11 is 3.44. The highest BCUT2D eigenvalue weighted by Crippen LogP contribution is 2.34. The van der Waals surface area contributed by atoms with E-state index in [0.717, 1.165) is 10.2 Å². The van der Waals surface area contributed by atoms with Crippen LogP contribution in [0, 0.1) is 5.82 Å². The molecule has 7 nitrogen and oxygen atoms in total. The Labute approximate surface area is 157 Å². The maximum Gasteiger partial charge on any atom is 0.323 e. The molecule has 0 spiro atoms. The zero-order chi connectivity index (χ0) is 18.7. The Bertz CT molecular complexity index is 941. The molecule has 0 saturated carbocycles. The van der Waals surface area contributed by atoms with Gasteiger partial charge in [0.05, 0.1) is 46.6 Å². The molecule has 0 aliphatic rings. The molecule has 26 heavy (non-hydrogen) atoms. The number of carbonyl (C=O) groups excluding carboxylic acids is 1. The van der Waals surface area contributed by atoms with E-state index in [2.05, 4.69) is 36.6 Å². The number of methoxy groups -OCH3 is 1. The van der Waals surface area contributed by atoms with E-state index in [0.29, 0.717) is 17.1 Å². The van der Waals surface area contributed by atoms with Crippen molar-refractivity contribution in [3.8, 4) is 17.1 Å². The predicted octanol–water partition coefficient (Wildman–Crippen LogP) is 4.04. The van der Waals surface area contributed by atoms with Crippen molar-refractivity contribution in [2.45, 2.75) is 0 Å². The smallest absolute Gasteiger partial charge is 0.323 e. The van der Waals surface area contributed by atoms with Gasteiger partial charge in [0.2, 0.25) is 5.88 Å². The molecule has 3 aromatic rings. The van der Waals surface area contributed by atoms with Crippen LogP contribution >= 0.6 is 15.9 Å². The SMILES string of the molecule is COc1ncc(NC(=O)Nc2ccccc2F)cc1-c1c(Br)cnn1C. The first kappa shape index (κ1) is 17.9. The summed E-state index contributed by atoms with van der Waals surface area (Å²) in [4.78, 5) is 16.4. The molecule has 0 unspecified atom stereocenters. The number of nitrogens with zero attached hydrogens (tertiary/aromatic N) is 3. The van der Waals surface area contributed by atoms with Gasteiger partial charge in [-0.1, -0.05) is 12.1 Å². The number of ether oxygens (including phenoxy) is 1. The van der Waals surface area contributed by atoms with E-state index in [1.54, 1.807) is 36.1 Å². The number of pyridine rings is 1. The van der Waals surface area contributed by atoms with Gasteiger partial charge in [0.1, 0.15) is 5.82 Å². The largest absolute Gasteiger partial charge is 0.481 e. The van der Waals surface area contributed by atoms with E-state index < -0.39 is 11.8 Å². The van der Waals surface area contributed by atoms with E-state index in [1.807, 2.05) is 0 Å². The number of hydrogen-bond acceptors (Lipinski definition) is 4. The highest BCUT2D eigenvalue weighted by Gasteiger charge is 2.17. The summed E-state index contributed by atoms with van der Waals surface area (Å²) in [5.74, 6) is -0.135. The number of urea groups is 1. The minimum absolute atomic E-state index is 0.0843. The van der Waals surface area contributed by atoms with Crippen LogP contribution in [0.2, 0.25) is 0 Å². The summed E-state index contributed by atoms with van der Waals surface area (Å²) < 4.78 is 21.4. The van der Waals surface area contributed by atoms with Crippen LogP contribution in [0.4, 0.5) is 20.6 Å². The predicted molar refractivity (Wildman–Crippen MR) is 99.7 cm³/mol. The summed E-state index contributed by atoms with van der Waals surface area (Å²) in [5, 5.41) is 9.25. The number of hydrogen-bond donors (Lipinski definition) is 2. The standard InChI is InChI=1S/C17H15BrFN5O2/c1-24-15(12(18)9-21-24)11-7-10(8-20-16(11)26-2)22-17(25)23-14-6-4-3-5-13(14)19/h3-9H,1-2H3,(H2,22,23,25). The zero-order valence-electron chi connectivity index (χ0n) is 14.0. The Morgan fingerprint density at radius 2 is 2.04 bits per heavy atom. The number of rotatable bonds is 4. The molecule has 1 aromatic carbocycles. The van der Waals surface area contributed by atoms with Crippen molar-refractivity contribution < 1.29 is 13.9 Å². The van der Waals surface area contributed by atoms with Crippen molar-refractivity contribution in [2.75, 3.05) is 17.7 Å². The summed E-state index contributed by atoms with van der Waals surface area (Å²) in [5.41, 5.74) is 1.89. The first-order chi connectivity index (χ1) is 12.5. The molecule has 0 aliphatic heterocycles. The third kappa shape index (κ3) is 3.67. The van der Waals surface area contributed by atoms with Crippen LogP contribution in [0.25, 0.3) is 11.3 Å². The molecule has 2 aromatic heterocycles. The summed E-state index contributed by atoms with van der Waals surface area (Å²) in [7, 11) is 3.29. The number of benzene rings is 1. The normalized spacial score (nSPS) is 10.5. The fourth-order valence-electron chi connectivity index (χ4n) is 2.41. The van der Waals surface area contributed by atoms with Crippen molar-refractivity contribution >= 4 is 33.3 Å². The Balaban J connectivity index is 1.86. The van der Waals surface area contributed by atoms with Gasteiger partial charge in [-0.3, -0.25) is 4.68 Å². The number of amides is 2. The molecule has 0 radical (unpaired) electrons. The lowest BCUT2D eigenvalue weighted by atomic mass is 10.2. The fraction of sp³-hybridized carbons (Fsp3) is 0.118. The van der Waals surface area contributed by atoms with Crippen LogP contribution in [-0.2, 0) is 7.05 Å². The molecule has 0 saturated heterocycles. The Morgan fingerprint density at radius 1 is 1.27 bits per heavy atom. The van der Waals surface area contributed by atoms with Gasteiger partial charge in [-0.15, -0.1) is 0 Å². The van der Waals surface area contributed by atoms with Crippen LogP contribution < -0.4 is 15.4 Å². The second-order valence-corrected chi connectivity index (χ2v) is 6.16. The molecule has 2 amide bonds. The summed E-state index contributed by atoms with van der Waals surface area (Å²) in [6, 6.07) is 7.03. The molecule has 0 fully saturated rings. The minimum Gasteiger partial charge on any atom is -0.481 e. The minimum atomic E-state index is -0.586.